The Morgan fingerprint density at radius 3 is 2.40 bits per heavy atom. The van der Waals surface area contributed by atoms with E-state index in [9.17, 15) is 10.0 Å². The average molecular weight is 215 g/mol. The Hall–Kier alpha value is -0.770. The number of ether oxygens (including phenoxy) is 1. The largest absolute Gasteiger partial charge is 0.442 e. The summed E-state index contributed by atoms with van der Waals surface area (Å²) in [5.41, 5.74) is -0.553. The average Bonchev–Trinajstić information content (AvgIpc) is 2.47. The quantitative estimate of drug-likeness (QED) is 0.540. The molecule has 1 saturated carbocycles. The van der Waals surface area contributed by atoms with Gasteiger partial charge in [0.2, 0.25) is 0 Å². The van der Waals surface area contributed by atoms with Gasteiger partial charge in [0.25, 0.3) is 0 Å². The first kappa shape index (κ1) is 12.3. The fourth-order valence-corrected chi connectivity index (χ4v) is 1.86. The summed E-state index contributed by atoms with van der Waals surface area (Å²) in [6.07, 6.45) is 2.14. The highest BCUT2D eigenvalue weighted by atomic mass is 16.6. The first-order valence-corrected chi connectivity index (χ1v) is 5.50. The van der Waals surface area contributed by atoms with Crippen LogP contribution in [0.25, 0.3) is 0 Å². The predicted molar refractivity (Wildman–Crippen MR) is 56.7 cm³/mol. The van der Waals surface area contributed by atoms with E-state index in [1.165, 1.54) is 0 Å². The SMILES string of the molecule is CC1CCC(N(O)C(=O)OC(C)(C)C)C1. The van der Waals surface area contributed by atoms with Crippen LogP contribution in [-0.2, 0) is 4.74 Å². The Balaban J connectivity index is 2.46. The summed E-state index contributed by atoms with van der Waals surface area (Å²) in [7, 11) is 0. The third-order valence-electron chi connectivity index (χ3n) is 2.59. The molecule has 0 aromatic heterocycles. The van der Waals surface area contributed by atoms with E-state index in [0.29, 0.717) is 5.92 Å². The molecule has 4 heteroatoms. The Morgan fingerprint density at radius 2 is 2.00 bits per heavy atom. The van der Waals surface area contributed by atoms with Crippen molar-refractivity contribution < 1.29 is 14.7 Å². The van der Waals surface area contributed by atoms with Crippen LogP contribution in [0.3, 0.4) is 0 Å². The van der Waals surface area contributed by atoms with E-state index < -0.39 is 11.7 Å². The van der Waals surface area contributed by atoms with Crippen molar-refractivity contribution >= 4 is 6.09 Å². The third-order valence-corrected chi connectivity index (χ3v) is 2.59. The summed E-state index contributed by atoms with van der Waals surface area (Å²) in [5.74, 6) is 0.576. The molecule has 2 unspecified atom stereocenters. The van der Waals surface area contributed by atoms with E-state index in [4.69, 9.17) is 4.74 Å². The Labute approximate surface area is 91.2 Å². The molecule has 1 rings (SSSR count). The zero-order valence-corrected chi connectivity index (χ0v) is 9.99. The Morgan fingerprint density at radius 1 is 1.40 bits per heavy atom. The zero-order valence-electron chi connectivity index (χ0n) is 9.99. The molecule has 4 nitrogen and oxygen atoms in total. The minimum Gasteiger partial charge on any atom is -0.442 e. The van der Waals surface area contributed by atoms with E-state index >= 15 is 0 Å². The molecular weight excluding hydrogens is 194 g/mol. The molecule has 1 N–H and O–H groups in total. The van der Waals surface area contributed by atoms with E-state index in [2.05, 4.69) is 6.92 Å². The molecule has 1 aliphatic rings. The molecule has 0 saturated heterocycles. The first-order chi connectivity index (χ1) is 6.79. The van der Waals surface area contributed by atoms with Gasteiger partial charge in [-0.05, 0) is 46.0 Å². The standard InChI is InChI=1S/C11H21NO3/c1-8-5-6-9(7-8)12(14)10(13)15-11(2,3)4/h8-9,14H,5-7H2,1-4H3. The van der Waals surface area contributed by atoms with Gasteiger partial charge in [-0.15, -0.1) is 0 Å². The van der Waals surface area contributed by atoms with Gasteiger partial charge in [-0.1, -0.05) is 6.92 Å². The third kappa shape index (κ3) is 3.70. The first-order valence-electron chi connectivity index (χ1n) is 5.50. The molecule has 88 valence electrons. The smallest absolute Gasteiger partial charge is 0.434 e. The summed E-state index contributed by atoms with van der Waals surface area (Å²) in [4.78, 5) is 11.5. The predicted octanol–water partition coefficient (Wildman–Crippen LogP) is 2.80. The van der Waals surface area contributed by atoms with Crippen LogP contribution in [0.2, 0.25) is 0 Å². The lowest BCUT2D eigenvalue weighted by Crippen LogP contribution is -2.40. The summed E-state index contributed by atoms with van der Waals surface area (Å²) in [5, 5.41) is 10.4. The summed E-state index contributed by atoms with van der Waals surface area (Å²) >= 11 is 0. The molecule has 1 amide bonds. The van der Waals surface area contributed by atoms with Crippen LogP contribution >= 0.6 is 0 Å². The van der Waals surface area contributed by atoms with Gasteiger partial charge in [0.1, 0.15) is 5.60 Å². The molecule has 0 spiro atoms. The van der Waals surface area contributed by atoms with Gasteiger partial charge >= 0.3 is 6.09 Å². The van der Waals surface area contributed by atoms with Crippen LogP contribution in [0.15, 0.2) is 0 Å². The highest BCUT2D eigenvalue weighted by molar-refractivity contribution is 5.67. The molecule has 0 radical (unpaired) electrons. The van der Waals surface area contributed by atoms with Gasteiger partial charge in [0.15, 0.2) is 0 Å². The van der Waals surface area contributed by atoms with E-state index in [1.54, 1.807) is 20.8 Å². The van der Waals surface area contributed by atoms with Gasteiger partial charge in [0, 0.05) is 0 Å². The number of amides is 1. The van der Waals surface area contributed by atoms with Crippen molar-refractivity contribution in [2.24, 2.45) is 5.92 Å². The second kappa shape index (κ2) is 4.39. The number of hydrogen-bond acceptors (Lipinski definition) is 3. The lowest BCUT2D eigenvalue weighted by molar-refractivity contribution is -0.119. The van der Waals surface area contributed by atoms with Gasteiger partial charge in [0.05, 0.1) is 6.04 Å². The number of hydrogen-bond donors (Lipinski definition) is 1. The normalized spacial score (nSPS) is 26.5. The van der Waals surface area contributed by atoms with E-state index in [0.717, 1.165) is 24.3 Å². The summed E-state index contributed by atoms with van der Waals surface area (Å²) in [6.45, 7) is 7.49. The molecule has 0 aliphatic heterocycles. The number of nitrogens with zero attached hydrogens (tertiary/aromatic N) is 1. The van der Waals surface area contributed by atoms with Crippen molar-refractivity contribution in [1.29, 1.82) is 0 Å². The molecule has 2 atom stereocenters. The highest BCUT2D eigenvalue weighted by Crippen LogP contribution is 2.28. The Bertz CT molecular complexity index is 234. The maximum Gasteiger partial charge on any atom is 0.434 e. The van der Waals surface area contributed by atoms with Crippen LogP contribution < -0.4 is 0 Å². The van der Waals surface area contributed by atoms with Crippen LogP contribution in [0.5, 0.6) is 0 Å². The number of carbonyl (C=O) groups is 1. The maximum atomic E-state index is 11.5. The second-order valence-corrected chi connectivity index (χ2v) is 5.40. The summed E-state index contributed by atoms with van der Waals surface area (Å²) in [6, 6.07) is -0.0742. The maximum absolute atomic E-state index is 11.5. The number of carbonyl (C=O) groups excluding carboxylic acids is 1. The Kier molecular flexibility index (Phi) is 3.60. The van der Waals surface area contributed by atoms with Gasteiger partial charge in [-0.2, -0.15) is 5.06 Å². The van der Waals surface area contributed by atoms with Crippen molar-refractivity contribution in [1.82, 2.24) is 5.06 Å². The molecule has 0 aromatic rings. The van der Waals surface area contributed by atoms with Crippen LogP contribution in [-0.4, -0.2) is 28.0 Å². The van der Waals surface area contributed by atoms with Crippen molar-refractivity contribution in [2.45, 2.75) is 58.6 Å². The summed E-state index contributed by atoms with van der Waals surface area (Å²) < 4.78 is 5.08. The minimum atomic E-state index is -0.637. The molecule has 0 bridgehead atoms. The van der Waals surface area contributed by atoms with Crippen LogP contribution in [0.1, 0.15) is 47.0 Å². The number of hydroxylamine groups is 2. The van der Waals surface area contributed by atoms with Crippen LogP contribution in [0, 0.1) is 5.92 Å². The fraction of sp³-hybridized carbons (Fsp3) is 0.909. The fourth-order valence-electron chi connectivity index (χ4n) is 1.86. The van der Waals surface area contributed by atoms with Crippen molar-refractivity contribution in [3.63, 3.8) is 0 Å². The van der Waals surface area contributed by atoms with E-state index in [-0.39, 0.29) is 6.04 Å². The minimum absolute atomic E-state index is 0.0742. The van der Waals surface area contributed by atoms with Gasteiger partial charge in [-0.3, -0.25) is 5.21 Å². The molecular formula is C11H21NO3. The molecule has 0 heterocycles. The second-order valence-electron chi connectivity index (χ2n) is 5.40. The lowest BCUT2D eigenvalue weighted by Gasteiger charge is -2.26. The monoisotopic (exact) mass is 215 g/mol. The highest BCUT2D eigenvalue weighted by Gasteiger charge is 2.31. The van der Waals surface area contributed by atoms with Crippen molar-refractivity contribution in [2.75, 3.05) is 0 Å². The molecule has 15 heavy (non-hydrogen) atoms. The molecule has 1 aliphatic carbocycles. The topological polar surface area (TPSA) is 49.8 Å². The van der Waals surface area contributed by atoms with Gasteiger partial charge < -0.3 is 4.74 Å². The lowest BCUT2D eigenvalue weighted by atomic mass is 10.1. The molecule has 0 aromatic carbocycles. The zero-order chi connectivity index (χ0) is 11.6. The molecule has 1 fully saturated rings. The van der Waals surface area contributed by atoms with Crippen molar-refractivity contribution in [3.8, 4) is 0 Å². The van der Waals surface area contributed by atoms with Gasteiger partial charge in [-0.25, -0.2) is 4.79 Å². The van der Waals surface area contributed by atoms with E-state index in [1.807, 2.05) is 0 Å². The van der Waals surface area contributed by atoms with Crippen molar-refractivity contribution in [3.05, 3.63) is 0 Å². The number of rotatable bonds is 1. The van der Waals surface area contributed by atoms with Crippen LogP contribution in [0.4, 0.5) is 4.79 Å².